The van der Waals surface area contributed by atoms with E-state index in [0.29, 0.717) is 5.56 Å². The first-order valence-electron chi connectivity index (χ1n) is 4.57. The van der Waals surface area contributed by atoms with E-state index >= 15 is 0 Å². The van der Waals surface area contributed by atoms with Gasteiger partial charge in [-0.25, -0.2) is 4.79 Å². The number of carbonyl (C=O) groups excluding carboxylic acids is 2. The van der Waals surface area contributed by atoms with Crippen LogP contribution in [0.3, 0.4) is 0 Å². The molecule has 0 aliphatic carbocycles. The largest absolute Gasteiger partial charge is 0.465 e. The molecule has 0 amide bonds. The molecule has 0 bridgehead atoms. The van der Waals surface area contributed by atoms with Crippen LogP contribution >= 0.6 is 23.2 Å². The van der Waals surface area contributed by atoms with Crippen LogP contribution in [0.2, 0.25) is 5.02 Å². The van der Waals surface area contributed by atoms with Crippen molar-refractivity contribution in [2.45, 2.75) is 6.42 Å². The highest BCUT2D eigenvalue weighted by Gasteiger charge is 2.17. The smallest absolute Gasteiger partial charge is 0.339 e. The maximum Gasteiger partial charge on any atom is 0.339 e. The Morgan fingerprint density at radius 3 is 2.50 bits per heavy atom. The second kappa shape index (κ2) is 5.87. The third kappa shape index (κ3) is 2.74. The summed E-state index contributed by atoms with van der Waals surface area (Å²) < 4.78 is 4.55. The lowest BCUT2D eigenvalue weighted by atomic mass is 10.1. The first-order valence-corrected chi connectivity index (χ1v) is 5.49. The predicted octanol–water partition coefficient (Wildman–Crippen LogP) is 2.94. The minimum absolute atomic E-state index is 0.115. The quantitative estimate of drug-likeness (QED) is 0.475. The van der Waals surface area contributed by atoms with Crippen molar-refractivity contribution in [2.24, 2.45) is 0 Å². The van der Waals surface area contributed by atoms with E-state index in [1.807, 2.05) is 0 Å². The molecule has 0 aliphatic rings. The fourth-order valence-electron chi connectivity index (χ4n) is 1.24. The normalized spacial score (nSPS) is 9.94. The number of ether oxygens (including phenoxy) is 1. The Hall–Kier alpha value is -1.06. The van der Waals surface area contributed by atoms with Crippen molar-refractivity contribution in [3.05, 3.63) is 34.3 Å². The lowest BCUT2D eigenvalue weighted by Crippen LogP contribution is -2.07. The minimum atomic E-state index is -0.564. The summed E-state index contributed by atoms with van der Waals surface area (Å²) in [5.74, 6) is -0.534. The van der Waals surface area contributed by atoms with Gasteiger partial charge >= 0.3 is 5.97 Å². The SMILES string of the molecule is COC(=O)c1cccc(C(=O)CCCl)c1Cl. The fourth-order valence-corrected chi connectivity index (χ4v) is 1.72. The van der Waals surface area contributed by atoms with E-state index in [1.165, 1.54) is 13.2 Å². The first-order chi connectivity index (χ1) is 7.61. The number of ketones is 1. The standard InChI is InChI=1S/C11H10Cl2O3/c1-16-11(15)8-4-2-3-7(10(8)13)9(14)5-6-12/h2-4H,5-6H2,1H3. The van der Waals surface area contributed by atoms with Gasteiger partial charge in [0.25, 0.3) is 0 Å². The maximum absolute atomic E-state index is 11.6. The van der Waals surface area contributed by atoms with Gasteiger partial charge in [-0.15, -0.1) is 11.6 Å². The van der Waals surface area contributed by atoms with Gasteiger partial charge in [-0.1, -0.05) is 17.7 Å². The van der Waals surface area contributed by atoms with Crippen molar-refractivity contribution in [3.8, 4) is 0 Å². The Morgan fingerprint density at radius 1 is 1.31 bits per heavy atom. The van der Waals surface area contributed by atoms with Crippen LogP contribution in [0.4, 0.5) is 0 Å². The zero-order chi connectivity index (χ0) is 12.1. The lowest BCUT2D eigenvalue weighted by Gasteiger charge is -2.06. The minimum Gasteiger partial charge on any atom is -0.465 e. The Labute approximate surface area is 103 Å². The van der Waals surface area contributed by atoms with Gasteiger partial charge < -0.3 is 4.74 Å². The first kappa shape index (κ1) is 13.0. The molecule has 0 aliphatic heterocycles. The molecule has 0 fully saturated rings. The molecule has 16 heavy (non-hydrogen) atoms. The molecule has 86 valence electrons. The average Bonchev–Trinajstić information content (AvgIpc) is 2.28. The Morgan fingerprint density at radius 2 is 1.94 bits per heavy atom. The van der Waals surface area contributed by atoms with Gasteiger partial charge in [0.05, 0.1) is 17.7 Å². The number of hydrogen-bond donors (Lipinski definition) is 0. The van der Waals surface area contributed by atoms with Crippen molar-refractivity contribution in [2.75, 3.05) is 13.0 Å². The van der Waals surface area contributed by atoms with E-state index in [4.69, 9.17) is 23.2 Å². The number of benzene rings is 1. The van der Waals surface area contributed by atoms with Gasteiger partial charge in [0.15, 0.2) is 5.78 Å². The van der Waals surface area contributed by atoms with E-state index in [0.717, 1.165) is 0 Å². The molecule has 1 aromatic rings. The Balaban J connectivity index is 3.13. The van der Waals surface area contributed by atoms with E-state index < -0.39 is 5.97 Å². The van der Waals surface area contributed by atoms with E-state index in [-0.39, 0.29) is 28.7 Å². The van der Waals surface area contributed by atoms with Crippen molar-refractivity contribution in [3.63, 3.8) is 0 Å². The van der Waals surface area contributed by atoms with E-state index in [2.05, 4.69) is 4.74 Å². The summed E-state index contributed by atoms with van der Waals surface area (Å²) in [5.41, 5.74) is 0.481. The summed E-state index contributed by atoms with van der Waals surface area (Å²) in [4.78, 5) is 22.9. The third-order valence-corrected chi connectivity index (χ3v) is 2.62. The number of alkyl halides is 1. The van der Waals surface area contributed by atoms with Gasteiger partial charge in [0.2, 0.25) is 0 Å². The molecule has 3 nitrogen and oxygen atoms in total. The maximum atomic E-state index is 11.6. The van der Waals surface area contributed by atoms with Crippen LogP contribution in [0, 0.1) is 0 Å². The molecule has 0 heterocycles. The van der Waals surface area contributed by atoms with Gasteiger partial charge in [-0.2, -0.15) is 0 Å². The highest BCUT2D eigenvalue weighted by molar-refractivity contribution is 6.37. The number of hydrogen-bond acceptors (Lipinski definition) is 3. The van der Waals surface area contributed by atoms with E-state index in [1.54, 1.807) is 12.1 Å². The predicted molar refractivity (Wildman–Crippen MR) is 62.5 cm³/mol. The molecule has 0 aromatic heterocycles. The fraction of sp³-hybridized carbons (Fsp3) is 0.273. The summed E-state index contributed by atoms with van der Waals surface area (Å²) in [6, 6.07) is 4.65. The highest BCUT2D eigenvalue weighted by Crippen LogP contribution is 2.23. The van der Waals surface area contributed by atoms with Crippen molar-refractivity contribution in [1.82, 2.24) is 0 Å². The molecule has 0 radical (unpaired) electrons. The number of Topliss-reactive ketones (excluding diaryl/α,β-unsaturated/α-hetero) is 1. The summed E-state index contributed by atoms with van der Waals surface area (Å²) >= 11 is 11.4. The zero-order valence-corrected chi connectivity index (χ0v) is 10.1. The van der Waals surface area contributed by atoms with Gasteiger partial charge in [0, 0.05) is 17.9 Å². The molecule has 0 saturated carbocycles. The van der Waals surface area contributed by atoms with Crippen LogP contribution in [0.5, 0.6) is 0 Å². The molecule has 1 rings (SSSR count). The highest BCUT2D eigenvalue weighted by atomic mass is 35.5. The molecule has 0 atom stereocenters. The average molecular weight is 261 g/mol. The van der Waals surface area contributed by atoms with E-state index in [9.17, 15) is 9.59 Å². The topological polar surface area (TPSA) is 43.4 Å². The van der Waals surface area contributed by atoms with Gasteiger partial charge in [0.1, 0.15) is 0 Å². The number of methoxy groups -OCH3 is 1. The molecule has 0 saturated heterocycles. The molecule has 5 heteroatoms. The number of rotatable bonds is 4. The van der Waals surface area contributed by atoms with Gasteiger partial charge in [-0.3, -0.25) is 4.79 Å². The Bertz CT molecular complexity index is 416. The molecule has 0 N–H and O–H groups in total. The summed E-state index contributed by atoms with van der Waals surface area (Å²) in [6.07, 6.45) is 0.186. The van der Waals surface area contributed by atoms with Crippen molar-refractivity contribution < 1.29 is 14.3 Å². The molecule has 1 aromatic carbocycles. The van der Waals surface area contributed by atoms with Crippen LogP contribution in [-0.4, -0.2) is 24.7 Å². The third-order valence-electron chi connectivity index (χ3n) is 2.03. The number of esters is 1. The lowest BCUT2D eigenvalue weighted by molar-refractivity contribution is 0.0601. The second-order valence-electron chi connectivity index (χ2n) is 3.02. The van der Waals surface area contributed by atoms with Crippen LogP contribution in [-0.2, 0) is 4.74 Å². The van der Waals surface area contributed by atoms with Crippen LogP contribution in [0.25, 0.3) is 0 Å². The molecule has 0 unspecified atom stereocenters. The van der Waals surface area contributed by atoms with Crippen LogP contribution < -0.4 is 0 Å². The summed E-state index contributed by atoms with van der Waals surface area (Å²) in [7, 11) is 1.26. The van der Waals surface area contributed by atoms with Crippen LogP contribution in [0.15, 0.2) is 18.2 Å². The Kier molecular flexibility index (Phi) is 4.77. The zero-order valence-electron chi connectivity index (χ0n) is 8.63. The summed E-state index contributed by atoms with van der Waals surface area (Å²) in [6.45, 7) is 0. The summed E-state index contributed by atoms with van der Waals surface area (Å²) in [5, 5.41) is 0.115. The second-order valence-corrected chi connectivity index (χ2v) is 3.78. The van der Waals surface area contributed by atoms with Gasteiger partial charge in [-0.05, 0) is 12.1 Å². The molecule has 0 spiro atoms. The number of carbonyl (C=O) groups is 2. The van der Waals surface area contributed by atoms with Crippen LogP contribution in [0.1, 0.15) is 27.1 Å². The number of halogens is 2. The van der Waals surface area contributed by atoms with Crippen molar-refractivity contribution in [1.29, 1.82) is 0 Å². The molecular formula is C11H10Cl2O3. The van der Waals surface area contributed by atoms with Crippen molar-refractivity contribution >= 4 is 35.0 Å². The molecular weight excluding hydrogens is 251 g/mol. The monoisotopic (exact) mass is 260 g/mol.